The monoisotopic (exact) mass is 272 g/mol. The van der Waals surface area contributed by atoms with Crippen LogP contribution in [0.5, 0.6) is 5.75 Å². The smallest absolute Gasteiger partial charge is 0.459 e. The largest absolute Gasteiger partial charge is 0.573 e. The van der Waals surface area contributed by atoms with Crippen LogP contribution in [0.25, 0.3) is 0 Å². The molecule has 0 unspecified atom stereocenters. The molecule has 0 saturated heterocycles. The summed E-state index contributed by atoms with van der Waals surface area (Å²) in [7, 11) is 1.11. The molecule has 0 radical (unpaired) electrons. The topological polar surface area (TPSA) is 52.6 Å². The van der Waals surface area contributed by atoms with Gasteiger partial charge in [-0.3, -0.25) is 4.79 Å². The van der Waals surface area contributed by atoms with Crippen molar-refractivity contribution in [2.75, 3.05) is 7.11 Å². The fourth-order valence-corrected chi connectivity index (χ4v) is 1.13. The van der Waals surface area contributed by atoms with E-state index in [1.54, 1.807) is 0 Å². The Morgan fingerprint density at radius 1 is 1.32 bits per heavy atom. The highest BCUT2D eigenvalue weighted by atomic mass is 19.4. The predicted molar refractivity (Wildman–Crippen MR) is 57.4 cm³/mol. The first-order valence-electron chi connectivity index (χ1n) is 4.80. The molecule has 7 heteroatoms. The number of carbonyl (C=O) groups is 2. The van der Waals surface area contributed by atoms with E-state index < -0.39 is 18.1 Å². The van der Waals surface area contributed by atoms with Crippen LogP contribution in [0.4, 0.5) is 13.2 Å². The Labute approximate surface area is 106 Å². The molecule has 19 heavy (non-hydrogen) atoms. The number of alkyl halides is 3. The lowest BCUT2D eigenvalue weighted by atomic mass is 10.1. The number of hydrogen-bond donors (Lipinski definition) is 0. The number of methoxy groups -OCH3 is 1. The van der Waals surface area contributed by atoms with E-state index in [1.165, 1.54) is 6.07 Å². The fourth-order valence-electron chi connectivity index (χ4n) is 1.13. The minimum Gasteiger partial charge on any atom is -0.459 e. The molecule has 0 atom stereocenters. The molecule has 0 aromatic heterocycles. The van der Waals surface area contributed by atoms with Gasteiger partial charge < -0.3 is 9.47 Å². The summed E-state index contributed by atoms with van der Waals surface area (Å²) in [5, 5.41) is 0. The predicted octanol–water partition coefficient (Wildman–Crippen LogP) is 1.92. The molecular formula is C12H7F3O4. The average Bonchev–Trinajstić information content (AvgIpc) is 2.33. The Morgan fingerprint density at radius 3 is 2.53 bits per heavy atom. The number of esters is 1. The average molecular weight is 272 g/mol. The Kier molecular flexibility index (Phi) is 4.53. The van der Waals surface area contributed by atoms with E-state index in [0.29, 0.717) is 6.29 Å². The summed E-state index contributed by atoms with van der Waals surface area (Å²) in [5.74, 6) is 2.85. The van der Waals surface area contributed by atoms with Crippen LogP contribution in [0, 0.1) is 11.8 Å². The van der Waals surface area contributed by atoms with E-state index in [0.717, 1.165) is 19.2 Å². The molecule has 1 rings (SSSR count). The lowest BCUT2D eigenvalue weighted by Crippen LogP contribution is -2.17. The van der Waals surface area contributed by atoms with Crippen LogP contribution < -0.4 is 4.74 Å². The number of carbonyl (C=O) groups excluding carboxylic acids is 2. The molecule has 1 aromatic rings. The molecule has 0 bridgehead atoms. The number of halogens is 3. The number of hydrogen-bond acceptors (Lipinski definition) is 4. The zero-order valence-electron chi connectivity index (χ0n) is 9.58. The summed E-state index contributed by atoms with van der Waals surface area (Å²) in [5.41, 5.74) is -0.0369. The highest BCUT2D eigenvalue weighted by Gasteiger charge is 2.31. The van der Waals surface area contributed by atoms with Gasteiger partial charge >= 0.3 is 12.3 Å². The molecule has 0 heterocycles. The van der Waals surface area contributed by atoms with Gasteiger partial charge in [-0.05, 0) is 18.2 Å². The van der Waals surface area contributed by atoms with Crippen LogP contribution in [-0.4, -0.2) is 25.7 Å². The Bertz CT molecular complexity index is 552. The second kappa shape index (κ2) is 5.91. The van der Waals surface area contributed by atoms with Gasteiger partial charge in [-0.25, -0.2) is 4.79 Å². The minimum absolute atomic E-state index is 0.0225. The molecule has 4 nitrogen and oxygen atoms in total. The Hall–Kier alpha value is -2.49. The maximum absolute atomic E-state index is 12.1. The van der Waals surface area contributed by atoms with Gasteiger partial charge in [-0.15, -0.1) is 13.2 Å². The van der Waals surface area contributed by atoms with Crippen LogP contribution in [0.15, 0.2) is 18.2 Å². The summed E-state index contributed by atoms with van der Waals surface area (Å²) in [4.78, 5) is 21.4. The molecule has 0 aliphatic heterocycles. The number of aldehydes is 1. The third kappa shape index (κ3) is 5.12. The van der Waals surface area contributed by atoms with Crippen LogP contribution in [0.3, 0.4) is 0 Å². The van der Waals surface area contributed by atoms with Crippen molar-refractivity contribution in [2.45, 2.75) is 6.36 Å². The second-order valence-corrected chi connectivity index (χ2v) is 3.20. The van der Waals surface area contributed by atoms with Gasteiger partial charge in [0, 0.05) is 17.0 Å². The summed E-state index contributed by atoms with van der Waals surface area (Å²) in [6.45, 7) is 0. The standard InChI is InChI=1S/C12H7F3O4/c1-18-11(17)3-2-8-4-9(7-16)6-10(5-8)19-12(13,14)15/h4-7H,1H3. The van der Waals surface area contributed by atoms with Gasteiger partial charge in [0.2, 0.25) is 0 Å². The van der Waals surface area contributed by atoms with Crippen LogP contribution in [-0.2, 0) is 9.53 Å². The number of rotatable bonds is 2. The molecule has 0 saturated carbocycles. The first-order chi connectivity index (χ1) is 8.84. The van der Waals surface area contributed by atoms with Gasteiger partial charge in [0.25, 0.3) is 0 Å². The number of benzene rings is 1. The summed E-state index contributed by atoms with van der Waals surface area (Å²) < 4.78 is 44.1. The first-order valence-corrected chi connectivity index (χ1v) is 4.80. The third-order valence-electron chi connectivity index (χ3n) is 1.79. The van der Waals surface area contributed by atoms with E-state index >= 15 is 0 Å². The highest BCUT2D eigenvalue weighted by Crippen LogP contribution is 2.24. The molecule has 0 aliphatic rings. The Morgan fingerprint density at radius 2 is 2.00 bits per heavy atom. The zero-order chi connectivity index (χ0) is 14.5. The van der Waals surface area contributed by atoms with Crippen LogP contribution in [0.1, 0.15) is 15.9 Å². The molecule has 0 amide bonds. The molecule has 1 aromatic carbocycles. The SMILES string of the molecule is COC(=O)C#Cc1cc(C=O)cc(OC(F)(F)F)c1. The molecular weight excluding hydrogens is 265 g/mol. The van der Waals surface area contributed by atoms with Crippen molar-refractivity contribution < 1.29 is 32.2 Å². The van der Waals surface area contributed by atoms with Crippen molar-refractivity contribution in [3.8, 4) is 17.6 Å². The first kappa shape index (κ1) is 14.6. The Balaban J connectivity index is 3.11. The summed E-state index contributed by atoms with van der Waals surface area (Å²) in [6.07, 6.45) is -4.54. The van der Waals surface area contributed by atoms with E-state index in [-0.39, 0.29) is 11.1 Å². The van der Waals surface area contributed by atoms with Crippen molar-refractivity contribution in [3.05, 3.63) is 29.3 Å². The van der Waals surface area contributed by atoms with Crippen LogP contribution in [0.2, 0.25) is 0 Å². The van der Waals surface area contributed by atoms with Crippen molar-refractivity contribution >= 4 is 12.3 Å². The van der Waals surface area contributed by atoms with Crippen LogP contribution >= 0.6 is 0 Å². The van der Waals surface area contributed by atoms with Gasteiger partial charge in [-0.1, -0.05) is 5.92 Å². The number of ether oxygens (including phenoxy) is 2. The molecule has 0 fully saturated rings. The van der Waals surface area contributed by atoms with Gasteiger partial charge in [0.15, 0.2) is 0 Å². The maximum atomic E-state index is 12.1. The van der Waals surface area contributed by atoms with Gasteiger partial charge in [-0.2, -0.15) is 0 Å². The van der Waals surface area contributed by atoms with E-state index in [9.17, 15) is 22.8 Å². The summed E-state index contributed by atoms with van der Waals surface area (Å²) >= 11 is 0. The van der Waals surface area contributed by atoms with E-state index in [1.807, 2.05) is 5.92 Å². The van der Waals surface area contributed by atoms with Crippen molar-refractivity contribution in [2.24, 2.45) is 0 Å². The van der Waals surface area contributed by atoms with Crippen molar-refractivity contribution in [3.63, 3.8) is 0 Å². The van der Waals surface area contributed by atoms with E-state index in [2.05, 4.69) is 15.4 Å². The van der Waals surface area contributed by atoms with Crippen molar-refractivity contribution in [1.29, 1.82) is 0 Å². The lowest BCUT2D eigenvalue weighted by Gasteiger charge is -2.09. The normalized spacial score (nSPS) is 10.1. The van der Waals surface area contributed by atoms with Gasteiger partial charge in [0.05, 0.1) is 7.11 Å². The lowest BCUT2D eigenvalue weighted by molar-refractivity contribution is -0.274. The van der Waals surface area contributed by atoms with Gasteiger partial charge in [0.1, 0.15) is 12.0 Å². The zero-order valence-corrected chi connectivity index (χ0v) is 9.58. The molecule has 0 aliphatic carbocycles. The van der Waals surface area contributed by atoms with Crippen molar-refractivity contribution in [1.82, 2.24) is 0 Å². The maximum Gasteiger partial charge on any atom is 0.573 e. The molecule has 0 N–H and O–H groups in total. The molecule has 0 spiro atoms. The quantitative estimate of drug-likeness (QED) is 0.469. The fraction of sp³-hybridized carbons (Fsp3) is 0.167. The molecule has 100 valence electrons. The van der Waals surface area contributed by atoms with E-state index in [4.69, 9.17) is 0 Å². The second-order valence-electron chi connectivity index (χ2n) is 3.20. The third-order valence-corrected chi connectivity index (χ3v) is 1.79. The highest BCUT2D eigenvalue weighted by molar-refractivity contribution is 5.89. The minimum atomic E-state index is -4.88. The summed E-state index contributed by atoms with van der Waals surface area (Å²) in [6, 6.07) is 3.08.